The quantitative estimate of drug-likeness (QED) is 0.592. The number of carbonyl (C=O) groups is 2. The molecule has 0 aliphatic rings. The van der Waals surface area contributed by atoms with Crippen molar-refractivity contribution in [2.45, 2.75) is 20.8 Å². The van der Waals surface area contributed by atoms with E-state index in [1.807, 2.05) is 0 Å². The van der Waals surface area contributed by atoms with Gasteiger partial charge in [-0.2, -0.15) is 0 Å². The highest BCUT2D eigenvalue weighted by Gasteiger charge is 2.43. The van der Waals surface area contributed by atoms with Crippen LogP contribution in [-0.4, -0.2) is 25.5 Å². The zero-order valence-electron chi connectivity index (χ0n) is 12.4. The average molecular weight is 276 g/mol. The second-order valence-corrected chi connectivity index (χ2v) is 4.61. The summed E-state index contributed by atoms with van der Waals surface area (Å²) in [6.45, 7) is 8.75. The van der Waals surface area contributed by atoms with Crippen molar-refractivity contribution in [1.29, 1.82) is 0 Å². The molecule has 0 amide bonds. The van der Waals surface area contributed by atoms with Crippen LogP contribution in [0.15, 0.2) is 30.8 Å². The number of benzene rings is 1. The summed E-state index contributed by atoms with van der Waals surface area (Å²) in [5.74, 6) is -0.174. The molecule has 0 aromatic heterocycles. The van der Waals surface area contributed by atoms with Crippen LogP contribution in [0, 0.1) is 5.41 Å². The predicted octanol–water partition coefficient (Wildman–Crippen LogP) is 2.87. The first-order valence-corrected chi connectivity index (χ1v) is 6.40. The minimum Gasteiger partial charge on any atom is -0.497 e. The van der Waals surface area contributed by atoms with Gasteiger partial charge in [-0.25, -0.2) is 0 Å². The standard InChI is InChI=1S/C16H20O4/c1-6-20-15(18)16(4,12(3)17)11(2)13-7-9-14(19-5)10-8-13/h7-10H,2,6H2,1,3-5H3. The number of rotatable bonds is 6. The molecule has 0 aliphatic heterocycles. The van der Waals surface area contributed by atoms with Gasteiger partial charge in [-0.3, -0.25) is 9.59 Å². The molecule has 0 spiro atoms. The van der Waals surface area contributed by atoms with Crippen molar-refractivity contribution in [2.75, 3.05) is 13.7 Å². The molecule has 0 saturated heterocycles. The molecule has 0 aliphatic carbocycles. The molecule has 0 N–H and O–H groups in total. The first-order chi connectivity index (χ1) is 9.37. The van der Waals surface area contributed by atoms with Crippen LogP contribution in [0.2, 0.25) is 0 Å². The molecular weight excluding hydrogens is 256 g/mol. The first kappa shape index (κ1) is 16.0. The van der Waals surface area contributed by atoms with E-state index in [1.165, 1.54) is 6.92 Å². The number of hydrogen-bond acceptors (Lipinski definition) is 4. The summed E-state index contributed by atoms with van der Waals surface area (Å²) in [6.07, 6.45) is 0. The number of hydrogen-bond donors (Lipinski definition) is 0. The smallest absolute Gasteiger partial charge is 0.323 e. The van der Waals surface area contributed by atoms with Crippen molar-refractivity contribution in [1.82, 2.24) is 0 Å². The molecule has 1 rings (SSSR count). The van der Waals surface area contributed by atoms with Gasteiger partial charge in [-0.05, 0) is 44.0 Å². The van der Waals surface area contributed by atoms with E-state index in [-0.39, 0.29) is 12.4 Å². The molecule has 1 aromatic rings. The molecule has 1 atom stereocenters. The minimum absolute atomic E-state index is 0.220. The number of ether oxygens (including phenoxy) is 2. The molecule has 0 fully saturated rings. The van der Waals surface area contributed by atoms with Crippen molar-refractivity contribution in [2.24, 2.45) is 5.41 Å². The topological polar surface area (TPSA) is 52.6 Å². The van der Waals surface area contributed by atoms with Crippen molar-refractivity contribution < 1.29 is 19.1 Å². The van der Waals surface area contributed by atoms with E-state index in [9.17, 15) is 9.59 Å². The number of carbonyl (C=O) groups excluding carboxylic acids is 2. The Bertz CT molecular complexity index is 516. The summed E-state index contributed by atoms with van der Waals surface area (Å²) in [5, 5.41) is 0. The van der Waals surface area contributed by atoms with Crippen LogP contribution in [0.1, 0.15) is 26.3 Å². The number of ketones is 1. The lowest BCUT2D eigenvalue weighted by Gasteiger charge is -2.27. The van der Waals surface area contributed by atoms with Crippen molar-refractivity contribution in [3.63, 3.8) is 0 Å². The Morgan fingerprint density at radius 3 is 2.20 bits per heavy atom. The summed E-state index contributed by atoms with van der Waals surface area (Å²) in [7, 11) is 1.57. The van der Waals surface area contributed by atoms with Crippen LogP contribution in [-0.2, 0) is 14.3 Å². The Balaban J connectivity index is 3.17. The van der Waals surface area contributed by atoms with E-state index in [1.54, 1.807) is 45.2 Å². The van der Waals surface area contributed by atoms with Gasteiger partial charge in [0.1, 0.15) is 11.2 Å². The SMILES string of the molecule is C=C(c1ccc(OC)cc1)C(C)(C(C)=O)C(=O)OCC. The van der Waals surface area contributed by atoms with Crippen molar-refractivity contribution in [3.8, 4) is 5.75 Å². The fraction of sp³-hybridized carbons (Fsp3) is 0.375. The Morgan fingerprint density at radius 1 is 1.25 bits per heavy atom. The third kappa shape index (κ3) is 2.90. The van der Waals surface area contributed by atoms with Gasteiger partial charge in [-0.1, -0.05) is 18.7 Å². The lowest BCUT2D eigenvalue weighted by molar-refractivity contribution is -0.154. The molecule has 4 heteroatoms. The highest BCUT2D eigenvalue weighted by molar-refractivity contribution is 6.13. The van der Waals surface area contributed by atoms with E-state index in [0.29, 0.717) is 16.9 Å². The minimum atomic E-state index is -1.37. The van der Waals surface area contributed by atoms with E-state index >= 15 is 0 Å². The second kappa shape index (κ2) is 6.37. The van der Waals surface area contributed by atoms with Gasteiger partial charge in [0.15, 0.2) is 5.78 Å². The first-order valence-electron chi connectivity index (χ1n) is 6.40. The largest absolute Gasteiger partial charge is 0.497 e. The monoisotopic (exact) mass is 276 g/mol. The highest BCUT2D eigenvalue weighted by Crippen LogP contribution is 2.36. The molecule has 108 valence electrons. The summed E-state index contributed by atoms with van der Waals surface area (Å²) >= 11 is 0. The lowest BCUT2D eigenvalue weighted by Crippen LogP contribution is -2.37. The van der Waals surface area contributed by atoms with Crippen LogP contribution in [0.4, 0.5) is 0 Å². The number of Topliss-reactive ketones (excluding diaryl/α,β-unsaturated/α-hetero) is 1. The molecule has 0 bridgehead atoms. The van der Waals surface area contributed by atoms with Gasteiger partial charge in [-0.15, -0.1) is 0 Å². The summed E-state index contributed by atoms with van der Waals surface area (Å²) in [4.78, 5) is 24.0. The molecular formula is C16H20O4. The molecule has 0 heterocycles. The zero-order valence-corrected chi connectivity index (χ0v) is 12.4. The maximum Gasteiger partial charge on any atom is 0.323 e. The van der Waals surface area contributed by atoms with Gasteiger partial charge in [0.25, 0.3) is 0 Å². The second-order valence-electron chi connectivity index (χ2n) is 4.61. The lowest BCUT2D eigenvalue weighted by atomic mass is 9.76. The van der Waals surface area contributed by atoms with Crippen LogP contribution in [0.25, 0.3) is 5.57 Å². The fourth-order valence-electron chi connectivity index (χ4n) is 1.84. The van der Waals surface area contributed by atoms with Crippen LogP contribution in [0.3, 0.4) is 0 Å². The number of esters is 1. The maximum absolute atomic E-state index is 12.1. The van der Waals surface area contributed by atoms with E-state index in [2.05, 4.69) is 6.58 Å². The Hall–Kier alpha value is -2.10. The summed E-state index contributed by atoms with van der Waals surface area (Å²) in [6, 6.07) is 7.04. The molecule has 1 aromatic carbocycles. The van der Waals surface area contributed by atoms with Crippen LogP contribution >= 0.6 is 0 Å². The van der Waals surface area contributed by atoms with Crippen LogP contribution < -0.4 is 4.74 Å². The fourth-order valence-corrected chi connectivity index (χ4v) is 1.84. The summed E-state index contributed by atoms with van der Waals surface area (Å²) < 4.78 is 10.1. The predicted molar refractivity (Wildman–Crippen MR) is 77.4 cm³/mol. The molecule has 0 radical (unpaired) electrons. The molecule has 1 unspecified atom stereocenters. The van der Waals surface area contributed by atoms with Gasteiger partial charge in [0, 0.05) is 0 Å². The number of methoxy groups -OCH3 is 1. The average Bonchev–Trinajstić information content (AvgIpc) is 2.45. The van der Waals surface area contributed by atoms with Gasteiger partial charge >= 0.3 is 5.97 Å². The van der Waals surface area contributed by atoms with E-state index in [0.717, 1.165) is 0 Å². The molecule has 0 saturated carbocycles. The Labute approximate surface area is 119 Å². The van der Waals surface area contributed by atoms with Gasteiger partial charge in [0.05, 0.1) is 13.7 Å². The normalized spacial score (nSPS) is 13.2. The Kier molecular flexibility index (Phi) is 5.08. The molecule has 20 heavy (non-hydrogen) atoms. The third-order valence-electron chi connectivity index (χ3n) is 3.43. The van der Waals surface area contributed by atoms with E-state index in [4.69, 9.17) is 9.47 Å². The maximum atomic E-state index is 12.1. The van der Waals surface area contributed by atoms with Gasteiger partial charge < -0.3 is 9.47 Å². The highest BCUT2D eigenvalue weighted by atomic mass is 16.5. The van der Waals surface area contributed by atoms with Crippen molar-refractivity contribution >= 4 is 17.3 Å². The third-order valence-corrected chi connectivity index (χ3v) is 3.43. The van der Waals surface area contributed by atoms with E-state index < -0.39 is 11.4 Å². The Morgan fingerprint density at radius 2 is 1.80 bits per heavy atom. The van der Waals surface area contributed by atoms with Crippen LogP contribution in [0.5, 0.6) is 5.75 Å². The van der Waals surface area contributed by atoms with Crippen molar-refractivity contribution in [3.05, 3.63) is 36.4 Å². The molecule has 4 nitrogen and oxygen atoms in total. The zero-order chi connectivity index (χ0) is 15.3. The van der Waals surface area contributed by atoms with Gasteiger partial charge in [0.2, 0.25) is 0 Å². The summed E-state index contributed by atoms with van der Waals surface area (Å²) in [5.41, 5.74) is -0.243.